The number of aryl methyl sites for hydroxylation is 1. The Bertz CT molecular complexity index is 1080. The summed E-state index contributed by atoms with van der Waals surface area (Å²) in [4.78, 5) is 27.7. The molecular formula is C20H16N2O5S. The van der Waals surface area contributed by atoms with E-state index in [9.17, 15) is 14.7 Å². The molecule has 8 heteroatoms. The lowest BCUT2D eigenvalue weighted by molar-refractivity contribution is -0.132. The van der Waals surface area contributed by atoms with Gasteiger partial charge >= 0.3 is 5.91 Å². The SMILES string of the molecule is COc1cccc(/C(O)=C2\C(=O)C(=O)N(c3cc(C)on3)[C@@H]2c2cccs2)c1. The quantitative estimate of drug-likeness (QED) is 0.411. The number of Topliss-reactive ketones (excluding diaryl/α,β-unsaturated/α-hetero) is 1. The molecule has 2 aromatic heterocycles. The number of anilines is 1. The highest BCUT2D eigenvalue weighted by atomic mass is 32.1. The fourth-order valence-corrected chi connectivity index (χ4v) is 4.00. The van der Waals surface area contributed by atoms with Gasteiger partial charge < -0.3 is 14.4 Å². The lowest BCUT2D eigenvalue weighted by atomic mass is 10.00. The maximum Gasteiger partial charge on any atom is 0.301 e. The molecule has 3 heterocycles. The summed E-state index contributed by atoms with van der Waals surface area (Å²) in [6, 6.07) is 11.1. The van der Waals surface area contributed by atoms with Crippen molar-refractivity contribution in [2.45, 2.75) is 13.0 Å². The molecule has 1 aliphatic rings. The van der Waals surface area contributed by atoms with Gasteiger partial charge in [0.25, 0.3) is 5.78 Å². The van der Waals surface area contributed by atoms with Crippen LogP contribution in [0.2, 0.25) is 0 Å². The average Bonchev–Trinajstić information content (AvgIpc) is 3.42. The summed E-state index contributed by atoms with van der Waals surface area (Å²) < 4.78 is 10.3. The summed E-state index contributed by atoms with van der Waals surface area (Å²) in [5, 5.41) is 16.7. The Balaban J connectivity index is 1.92. The first-order chi connectivity index (χ1) is 13.5. The molecule has 1 saturated heterocycles. The van der Waals surface area contributed by atoms with E-state index in [0.29, 0.717) is 17.1 Å². The van der Waals surface area contributed by atoms with Crippen molar-refractivity contribution in [3.05, 3.63) is 69.6 Å². The van der Waals surface area contributed by atoms with E-state index in [-0.39, 0.29) is 17.2 Å². The van der Waals surface area contributed by atoms with Crippen molar-refractivity contribution in [1.82, 2.24) is 5.16 Å². The molecule has 1 amide bonds. The second kappa shape index (κ2) is 6.97. The van der Waals surface area contributed by atoms with Crippen LogP contribution in [0.15, 0.2) is 57.9 Å². The number of hydrogen-bond donors (Lipinski definition) is 1. The number of ether oxygens (including phenoxy) is 1. The van der Waals surface area contributed by atoms with Crippen molar-refractivity contribution >= 4 is 34.6 Å². The van der Waals surface area contributed by atoms with E-state index < -0.39 is 17.7 Å². The summed E-state index contributed by atoms with van der Waals surface area (Å²) in [6.45, 7) is 1.70. The van der Waals surface area contributed by atoms with E-state index in [2.05, 4.69) is 5.16 Å². The predicted octanol–water partition coefficient (Wildman–Crippen LogP) is 3.68. The average molecular weight is 396 g/mol. The maximum absolute atomic E-state index is 12.9. The number of aromatic nitrogens is 1. The van der Waals surface area contributed by atoms with Crippen molar-refractivity contribution < 1.29 is 24.0 Å². The molecule has 7 nitrogen and oxygen atoms in total. The van der Waals surface area contributed by atoms with Crippen LogP contribution in [0.5, 0.6) is 5.75 Å². The van der Waals surface area contributed by atoms with Gasteiger partial charge in [-0.15, -0.1) is 11.3 Å². The highest BCUT2D eigenvalue weighted by Gasteiger charge is 2.48. The molecule has 0 spiro atoms. The number of benzene rings is 1. The molecular weight excluding hydrogens is 380 g/mol. The smallest absolute Gasteiger partial charge is 0.301 e. The zero-order valence-electron chi connectivity index (χ0n) is 15.1. The molecule has 1 aromatic carbocycles. The number of aliphatic hydroxyl groups is 1. The number of rotatable bonds is 4. The molecule has 1 aliphatic heterocycles. The van der Waals surface area contributed by atoms with Gasteiger partial charge in [0.2, 0.25) is 0 Å². The monoisotopic (exact) mass is 396 g/mol. The Hall–Kier alpha value is -3.39. The molecule has 142 valence electrons. The van der Waals surface area contributed by atoms with Crippen LogP contribution in [0.1, 0.15) is 22.2 Å². The Morgan fingerprint density at radius 2 is 2.07 bits per heavy atom. The molecule has 3 aromatic rings. The third kappa shape index (κ3) is 2.87. The van der Waals surface area contributed by atoms with E-state index in [1.54, 1.807) is 43.3 Å². The first kappa shape index (κ1) is 18.0. The molecule has 0 aliphatic carbocycles. The van der Waals surface area contributed by atoms with Crippen LogP contribution in [-0.4, -0.2) is 29.1 Å². The third-order valence-corrected chi connectivity index (χ3v) is 5.39. The van der Waals surface area contributed by atoms with Crippen LogP contribution in [0.25, 0.3) is 5.76 Å². The number of carbonyl (C=O) groups excluding carboxylic acids is 2. The molecule has 0 bridgehead atoms. The Labute approximate surface area is 164 Å². The van der Waals surface area contributed by atoms with Gasteiger partial charge in [-0.2, -0.15) is 0 Å². The number of thiophene rings is 1. The Morgan fingerprint density at radius 3 is 2.71 bits per heavy atom. The molecule has 0 radical (unpaired) electrons. The van der Waals surface area contributed by atoms with Gasteiger partial charge in [-0.1, -0.05) is 23.4 Å². The van der Waals surface area contributed by atoms with Crippen LogP contribution in [0, 0.1) is 6.92 Å². The molecule has 1 fully saturated rings. The highest BCUT2D eigenvalue weighted by Crippen LogP contribution is 2.43. The Morgan fingerprint density at radius 1 is 1.25 bits per heavy atom. The van der Waals surface area contributed by atoms with E-state index in [1.165, 1.54) is 23.3 Å². The van der Waals surface area contributed by atoms with Crippen LogP contribution in [-0.2, 0) is 9.59 Å². The van der Waals surface area contributed by atoms with Crippen molar-refractivity contribution in [3.8, 4) is 5.75 Å². The zero-order valence-corrected chi connectivity index (χ0v) is 15.9. The van der Waals surface area contributed by atoms with Gasteiger partial charge in [0.1, 0.15) is 23.3 Å². The fourth-order valence-electron chi connectivity index (χ4n) is 3.18. The first-order valence-electron chi connectivity index (χ1n) is 8.43. The zero-order chi connectivity index (χ0) is 19.8. The first-order valence-corrected chi connectivity index (χ1v) is 9.31. The third-order valence-electron chi connectivity index (χ3n) is 4.46. The molecule has 0 saturated carbocycles. The number of carbonyl (C=O) groups is 2. The number of ketones is 1. The number of aliphatic hydroxyl groups excluding tert-OH is 1. The number of methoxy groups -OCH3 is 1. The molecule has 1 N–H and O–H groups in total. The fraction of sp³-hybridized carbons (Fsp3) is 0.150. The maximum atomic E-state index is 12.9. The van der Waals surface area contributed by atoms with Gasteiger partial charge in [0.05, 0.1) is 12.7 Å². The van der Waals surface area contributed by atoms with Crippen molar-refractivity contribution in [2.24, 2.45) is 0 Å². The minimum Gasteiger partial charge on any atom is -0.507 e. The number of amides is 1. The molecule has 1 atom stereocenters. The predicted molar refractivity (Wildman–Crippen MR) is 103 cm³/mol. The van der Waals surface area contributed by atoms with E-state index in [0.717, 1.165) is 4.88 Å². The summed E-state index contributed by atoms with van der Waals surface area (Å²) in [5.41, 5.74) is 0.386. The second-order valence-corrected chi connectivity index (χ2v) is 7.19. The van der Waals surface area contributed by atoms with Crippen LogP contribution in [0.3, 0.4) is 0 Å². The van der Waals surface area contributed by atoms with Gasteiger partial charge in [-0.05, 0) is 30.5 Å². The van der Waals surface area contributed by atoms with Gasteiger partial charge in [-0.25, -0.2) is 0 Å². The van der Waals surface area contributed by atoms with Gasteiger partial charge in [-0.3, -0.25) is 14.5 Å². The second-order valence-electron chi connectivity index (χ2n) is 6.21. The summed E-state index contributed by atoms with van der Waals surface area (Å²) in [5.74, 6) is -0.552. The summed E-state index contributed by atoms with van der Waals surface area (Å²) in [6.07, 6.45) is 0. The van der Waals surface area contributed by atoms with Crippen LogP contribution >= 0.6 is 11.3 Å². The van der Waals surface area contributed by atoms with Gasteiger partial charge in [0.15, 0.2) is 5.82 Å². The molecule has 28 heavy (non-hydrogen) atoms. The van der Waals surface area contributed by atoms with Crippen LogP contribution < -0.4 is 9.64 Å². The topological polar surface area (TPSA) is 92.9 Å². The minimum absolute atomic E-state index is 0.00126. The lowest BCUT2D eigenvalue weighted by Crippen LogP contribution is -2.29. The van der Waals surface area contributed by atoms with Crippen molar-refractivity contribution in [1.29, 1.82) is 0 Å². The van der Waals surface area contributed by atoms with Gasteiger partial charge in [0, 0.05) is 16.5 Å². The van der Waals surface area contributed by atoms with E-state index >= 15 is 0 Å². The minimum atomic E-state index is -0.796. The number of nitrogens with zero attached hydrogens (tertiary/aromatic N) is 2. The number of hydrogen-bond acceptors (Lipinski definition) is 7. The summed E-state index contributed by atoms with van der Waals surface area (Å²) in [7, 11) is 1.51. The summed E-state index contributed by atoms with van der Waals surface area (Å²) >= 11 is 1.38. The lowest BCUT2D eigenvalue weighted by Gasteiger charge is -2.21. The normalized spacial score (nSPS) is 18.6. The van der Waals surface area contributed by atoms with E-state index in [1.807, 2.05) is 11.4 Å². The van der Waals surface area contributed by atoms with Crippen molar-refractivity contribution in [3.63, 3.8) is 0 Å². The Kier molecular flexibility index (Phi) is 4.48. The van der Waals surface area contributed by atoms with Crippen LogP contribution in [0.4, 0.5) is 5.82 Å². The molecule has 4 rings (SSSR count). The van der Waals surface area contributed by atoms with Crippen molar-refractivity contribution in [2.75, 3.05) is 12.0 Å². The van der Waals surface area contributed by atoms with E-state index in [4.69, 9.17) is 9.26 Å². The molecule has 0 unspecified atom stereocenters. The standard InChI is InChI=1S/C20H16N2O5S/c1-11-9-15(21-27-11)22-17(14-7-4-8-28-14)16(19(24)20(22)25)18(23)12-5-3-6-13(10-12)26-2/h3-10,17,23H,1-2H3/b18-16+/t17-/m1/s1. The largest absolute Gasteiger partial charge is 0.507 e. The highest BCUT2D eigenvalue weighted by molar-refractivity contribution is 7.10.